The third kappa shape index (κ3) is 1.99. The lowest BCUT2D eigenvalue weighted by Crippen LogP contribution is -2.55. The number of hydrogen-bond donors (Lipinski definition) is 2. The molecule has 26 heavy (non-hydrogen) atoms. The number of carbonyl (C=O) groups is 1. The van der Waals surface area contributed by atoms with Gasteiger partial charge in [0.1, 0.15) is 0 Å². The molecule has 0 aromatic carbocycles. The first-order valence-corrected chi connectivity index (χ1v) is 10.5. The van der Waals surface area contributed by atoms with Crippen molar-refractivity contribution in [3.63, 3.8) is 0 Å². The topological polar surface area (TPSA) is 57.5 Å². The molecule has 3 fully saturated rings. The van der Waals surface area contributed by atoms with Gasteiger partial charge in [-0.3, -0.25) is 4.79 Å². The van der Waals surface area contributed by atoms with Crippen molar-refractivity contribution >= 4 is 5.78 Å². The Morgan fingerprint density at radius 2 is 2.15 bits per heavy atom. The summed E-state index contributed by atoms with van der Waals surface area (Å²) in [5.41, 5.74) is 0.452. The Morgan fingerprint density at radius 1 is 1.31 bits per heavy atom. The number of hydrogen-bond acceptors (Lipinski definition) is 3. The van der Waals surface area contributed by atoms with Gasteiger partial charge in [-0.2, -0.15) is 0 Å². The third-order valence-electron chi connectivity index (χ3n) is 8.73. The molecule has 0 aromatic heterocycles. The zero-order valence-electron chi connectivity index (χ0n) is 15.6. The highest BCUT2D eigenvalue weighted by atomic mass is 16.3. The van der Waals surface area contributed by atoms with E-state index in [1.54, 1.807) is 6.08 Å². The fourth-order valence-corrected chi connectivity index (χ4v) is 7.70. The van der Waals surface area contributed by atoms with Crippen molar-refractivity contribution in [1.29, 1.82) is 0 Å². The summed E-state index contributed by atoms with van der Waals surface area (Å²) in [4.78, 5) is 11.8. The van der Waals surface area contributed by atoms with Crippen LogP contribution in [0.3, 0.4) is 0 Å². The lowest BCUT2D eigenvalue weighted by molar-refractivity contribution is -0.118. The van der Waals surface area contributed by atoms with Crippen molar-refractivity contribution in [3.8, 4) is 0 Å². The molecule has 5 aliphatic carbocycles. The van der Waals surface area contributed by atoms with Gasteiger partial charge in [-0.05, 0) is 79.3 Å². The van der Waals surface area contributed by atoms with Crippen molar-refractivity contribution in [2.75, 3.05) is 6.61 Å². The normalized spacial score (nSPS) is 51.5. The first kappa shape index (κ1) is 16.9. The van der Waals surface area contributed by atoms with Gasteiger partial charge in [0.25, 0.3) is 0 Å². The standard InChI is InChI=1S/C23H30O3/c1-2-22-10-8-17-16-7-5-15(25)12-14(16)4-6-18(17)21(22)19-13-20(19)23(22,26)9-3-11-24/h3-4,6,9,12,16-21,24,26H,2,5,7-8,10-11,13H2,1H3/b9-3-/t16-,17?,18?,19+,20-,21?,22-,23-/m0/s1. The van der Waals surface area contributed by atoms with Gasteiger partial charge in [0.05, 0.1) is 12.2 Å². The molecule has 0 spiro atoms. The Labute approximate surface area is 155 Å². The Kier molecular flexibility index (Phi) is 3.68. The predicted octanol–water partition coefficient (Wildman–Crippen LogP) is 3.43. The van der Waals surface area contributed by atoms with Crippen LogP contribution in [-0.4, -0.2) is 28.2 Å². The molecule has 8 atom stereocenters. The van der Waals surface area contributed by atoms with Gasteiger partial charge in [0.15, 0.2) is 5.78 Å². The van der Waals surface area contributed by atoms with E-state index in [0.717, 1.165) is 32.1 Å². The van der Waals surface area contributed by atoms with Gasteiger partial charge >= 0.3 is 0 Å². The molecular formula is C23H30O3. The molecule has 5 aliphatic rings. The van der Waals surface area contributed by atoms with Crippen molar-refractivity contribution in [2.24, 2.45) is 40.9 Å². The lowest BCUT2D eigenvalue weighted by Gasteiger charge is -2.56. The number of ketones is 1. The molecule has 3 unspecified atom stereocenters. The average molecular weight is 354 g/mol. The maximum Gasteiger partial charge on any atom is 0.155 e. The fourth-order valence-electron chi connectivity index (χ4n) is 7.70. The van der Waals surface area contributed by atoms with Crippen LogP contribution < -0.4 is 0 Å². The molecule has 2 N–H and O–H groups in total. The number of allylic oxidation sites excluding steroid dienone is 4. The van der Waals surface area contributed by atoms with Crippen LogP contribution in [0.15, 0.2) is 36.0 Å². The Bertz CT molecular complexity index is 719. The molecule has 140 valence electrons. The highest BCUT2D eigenvalue weighted by Crippen LogP contribution is 2.76. The van der Waals surface area contributed by atoms with E-state index < -0.39 is 5.60 Å². The van der Waals surface area contributed by atoms with Crippen LogP contribution in [0.5, 0.6) is 0 Å². The monoisotopic (exact) mass is 354 g/mol. The van der Waals surface area contributed by atoms with E-state index >= 15 is 0 Å². The second kappa shape index (κ2) is 5.65. The van der Waals surface area contributed by atoms with E-state index in [9.17, 15) is 15.0 Å². The summed E-state index contributed by atoms with van der Waals surface area (Å²) in [6, 6.07) is 0. The van der Waals surface area contributed by atoms with E-state index in [4.69, 9.17) is 0 Å². The maximum absolute atomic E-state index is 11.8. The molecular weight excluding hydrogens is 324 g/mol. The van der Waals surface area contributed by atoms with Crippen molar-refractivity contribution in [3.05, 3.63) is 36.0 Å². The zero-order chi connectivity index (χ0) is 18.1. The molecule has 3 nitrogen and oxygen atoms in total. The van der Waals surface area contributed by atoms with Crippen LogP contribution in [0.4, 0.5) is 0 Å². The van der Waals surface area contributed by atoms with Gasteiger partial charge < -0.3 is 10.2 Å². The van der Waals surface area contributed by atoms with Crippen LogP contribution in [0.2, 0.25) is 0 Å². The van der Waals surface area contributed by atoms with E-state index in [1.165, 1.54) is 5.57 Å². The van der Waals surface area contributed by atoms with Crippen LogP contribution in [0.25, 0.3) is 0 Å². The fraction of sp³-hybridized carbons (Fsp3) is 0.696. The predicted molar refractivity (Wildman–Crippen MR) is 100 cm³/mol. The summed E-state index contributed by atoms with van der Waals surface area (Å²) >= 11 is 0. The largest absolute Gasteiger partial charge is 0.392 e. The van der Waals surface area contributed by atoms with Crippen LogP contribution >= 0.6 is 0 Å². The number of fused-ring (bicyclic) bond motifs is 7. The summed E-state index contributed by atoms with van der Waals surface area (Å²) in [5, 5.41) is 21.0. The molecule has 0 heterocycles. The van der Waals surface area contributed by atoms with Gasteiger partial charge in [0, 0.05) is 11.8 Å². The number of aliphatic hydroxyl groups is 2. The minimum atomic E-state index is -0.753. The lowest BCUT2D eigenvalue weighted by atomic mass is 9.49. The second-order valence-electron chi connectivity index (χ2n) is 9.35. The molecule has 0 saturated heterocycles. The zero-order valence-corrected chi connectivity index (χ0v) is 15.6. The average Bonchev–Trinajstić information content (AvgIpc) is 3.41. The molecule has 3 heteroatoms. The Balaban J connectivity index is 1.55. The summed E-state index contributed by atoms with van der Waals surface area (Å²) in [6.45, 7) is 2.24. The molecule has 5 rings (SSSR count). The van der Waals surface area contributed by atoms with Crippen molar-refractivity contribution in [2.45, 2.75) is 51.0 Å². The number of carbonyl (C=O) groups excluding carboxylic acids is 1. The minimum absolute atomic E-state index is 0.000368. The smallest absolute Gasteiger partial charge is 0.155 e. The maximum atomic E-state index is 11.8. The van der Waals surface area contributed by atoms with Crippen molar-refractivity contribution in [1.82, 2.24) is 0 Å². The molecule has 0 aliphatic heterocycles. The Hall–Kier alpha value is -1.19. The molecule has 0 bridgehead atoms. The first-order valence-electron chi connectivity index (χ1n) is 10.5. The van der Waals surface area contributed by atoms with E-state index in [1.807, 2.05) is 12.2 Å². The van der Waals surface area contributed by atoms with E-state index in [0.29, 0.717) is 41.9 Å². The first-order chi connectivity index (χ1) is 12.6. The summed E-state index contributed by atoms with van der Waals surface area (Å²) in [5.74, 6) is 3.52. The highest BCUT2D eigenvalue weighted by molar-refractivity contribution is 5.91. The summed E-state index contributed by atoms with van der Waals surface area (Å²) in [6.07, 6.45) is 16.2. The van der Waals surface area contributed by atoms with Gasteiger partial charge in [-0.15, -0.1) is 0 Å². The second-order valence-corrected chi connectivity index (χ2v) is 9.35. The van der Waals surface area contributed by atoms with Gasteiger partial charge in [0.2, 0.25) is 0 Å². The van der Waals surface area contributed by atoms with Crippen molar-refractivity contribution < 1.29 is 15.0 Å². The highest BCUT2D eigenvalue weighted by Gasteiger charge is 2.75. The van der Waals surface area contributed by atoms with Crippen LogP contribution in [-0.2, 0) is 4.79 Å². The molecule has 3 saturated carbocycles. The van der Waals surface area contributed by atoms with E-state index in [-0.39, 0.29) is 17.8 Å². The Morgan fingerprint density at radius 3 is 2.92 bits per heavy atom. The summed E-state index contributed by atoms with van der Waals surface area (Å²) < 4.78 is 0. The minimum Gasteiger partial charge on any atom is -0.392 e. The van der Waals surface area contributed by atoms with Crippen LogP contribution in [0.1, 0.15) is 45.4 Å². The number of rotatable bonds is 3. The van der Waals surface area contributed by atoms with Gasteiger partial charge in [-0.1, -0.05) is 31.2 Å². The molecule has 0 aromatic rings. The van der Waals surface area contributed by atoms with Gasteiger partial charge in [-0.25, -0.2) is 0 Å². The quantitative estimate of drug-likeness (QED) is 0.764. The number of aliphatic hydroxyl groups excluding tert-OH is 1. The van der Waals surface area contributed by atoms with Crippen LogP contribution in [0, 0.1) is 40.9 Å². The SMILES string of the molecule is CC[C@]12CCC3C(C=CC4=CC(=O)CC[C@@H]43)C1[C@@H]1C[C@@H]1[C@@]2(O)/C=C\CO. The third-order valence-corrected chi connectivity index (χ3v) is 8.73. The molecule has 0 amide bonds. The van der Waals surface area contributed by atoms with E-state index in [2.05, 4.69) is 19.1 Å². The summed E-state index contributed by atoms with van der Waals surface area (Å²) in [7, 11) is 0. The molecule has 0 radical (unpaired) electrons.